The lowest BCUT2D eigenvalue weighted by Crippen LogP contribution is -2.22. The zero-order valence-corrected chi connectivity index (χ0v) is 13.0. The van der Waals surface area contributed by atoms with Gasteiger partial charge in [-0.15, -0.1) is 0 Å². The van der Waals surface area contributed by atoms with Crippen LogP contribution >= 0.6 is 11.6 Å². The number of nitrogens with zero attached hydrogens (tertiary/aromatic N) is 1. The summed E-state index contributed by atoms with van der Waals surface area (Å²) in [6, 6.07) is 6.82. The van der Waals surface area contributed by atoms with Crippen molar-refractivity contribution in [2.75, 3.05) is 0 Å². The van der Waals surface area contributed by atoms with Gasteiger partial charge in [0.1, 0.15) is 5.75 Å². The molecule has 0 aliphatic heterocycles. The van der Waals surface area contributed by atoms with Gasteiger partial charge in [-0.3, -0.25) is 4.98 Å². The molecule has 0 fully saturated rings. The van der Waals surface area contributed by atoms with Crippen LogP contribution < -0.4 is 10.1 Å². The zero-order chi connectivity index (χ0) is 15.4. The van der Waals surface area contributed by atoms with Crippen molar-refractivity contribution in [1.29, 1.82) is 0 Å². The maximum Gasteiger partial charge on any atom is 0.184 e. The van der Waals surface area contributed by atoms with E-state index in [2.05, 4.69) is 24.1 Å². The second-order valence-corrected chi connectivity index (χ2v) is 5.53. The van der Waals surface area contributed by atoms with E-state index in [-0.39, 0.29) is 10.8 Å². The van der Waals surface area contributed by atoms with Gasteiger partial charge in [-0.25, -0.2) is 4.39 Å². The fraction of sp³-hybridized carbons (Fsp3) is 0.312. The topological polar surface area (TPSA) is 34.1 Å². The molecule has 112 valence electrons. The van der Waals surface area contributed by atoms with Crippen molar-refractivity contribution in [3.63, 3.8) is 0 Å². The molecule has 0 aliphatic rings. The number of aryl methyl sites for hydroxylation is 1. The van der Waals surface area contributed by atoms with Crippen molar-refractivity contribution in [2.24, 2.45) is 0 Å². The Morgan fingerprint density at radius 2 is 2.10 bits per heavy atom. The van der Waals surface area contributed by atoms with E-state index in [1.807, 2.05) is 6.92 Å². The lowest BCUT2D eigenvalue weighted by Gasteiger charge is -2.14. The van der Waals surface area contributed by atoms with Gasteiger partial charge >= 0.3 is 0 Å². The molecule has 1 heterocycles. The van der Waals surface area contributed by atoms with Crippen LogP contribution in [0, 0.1) is 12.7 Å². The summed E-state index contributed by atoms with van der Waals surface area (Å²) in [6.07, 6.45) is 1.74. The molecule has 2 rings (SSSR count). The van der Waals surface area contributed by atoms with Crippen LogP contribution in [-0.4, -0.2) is 11.0 Å². The van der Waals surface area contributed by atoms with Crippen LogP contribution in [0.25, 0.3) is 0 Å². The van der Waals surface area contributed by atoms with Crippen molar-refractivity contribution in [1.82, 2.24) is 10.3 Å². The molecule has 0 atom stereocenters. The van der Waals surface area contributed by atoms with Gasteiger partial charge in [0.15, 0.2) is 11.6 Å². The van der Waals surface area contributed by atoms with Crippen LogP contribution in [-0.2, 0) is 6.54 Å². The van der Waals surface area contributed by atoms with E-state index in [4.69, 9.17) is 16.3 Å². The highest BCUT2D eigenvalue weighted by Crippen LogP contribution is 2.30. The second-order valence-electron chi connectivity index (χ2n) is 5.12. The van der Waals surface area contributed by atoms with Crippen molar-refractivity contribution < 1.29 is 9.13 Å². The number of pyridine rings is 1. The Morgan fingerprint density at radius 3 is 2.81 bits per heavy atom. The molecule has 0 amide bonds. The first-order valence-corrected chi connectivity index (χ1v) is 7.16. The molecule has 5 heteroatoms. The molecular weight excluding hydrogens is 291 g/mol. The van der Waals surface area contributed by atoms with E-state index in [1.54, 1.807) is 24.4 Å². The average Bonchev–Trinajstić information content (AvgIpc) is 2.43. The van der Waals surface area contributed by atoms with Crippen LogP contribution in [0.4, 0.5) is 4.39 Å². The van der Waals surface area contributed by atoms with Gasteiger partial charge in [0, 0.05) is 36.1 Å². The summed E-state index contributed by atoms with van der Waals surface area (Å²) < 4.78 is 19.6. The van der Waals surface area contributed by atoms with Crippen molar-refractivity contribution in [2.45, 2.75) is 33.4 Å². The lowest BCUT2D eigenvalue weighted by atomic mass is 10.2. The summed E-state index contributed by atoms with van der Waals surface area (Å²) in [7, 11) is 0. The minimum atomic E-state index is -0.559. The van der Waals surface area contributed by atoms with Crippen LogP contribution in [0.3, 0.4) is 0 Å². The summed E-state index contributed by atoms with van der Waals surface area (Å²) in [5.41, 5.74) is 1.68. The molecule has 0 radical (unpaired) electrons. The molecule has 0 spiro atoms. The maximum atomic E-state index is 13.9. The number of hydrogen-bond acceptors (Lipinski definition) is 3. The quantitative estimate of drug-likeness (QED) is 0.884. The van der Waals surface area contributed by atoms with E-state index in [0.29, 0.717) is 18.3 Å². The molecule has 0 saturated heterocycles. The first-order chi connectivity index (χ1) is 9.97. The van der Waals surface area contributed by atoms with E-state index in [9.17, 15) is 4.39 Å². The number of nitrogens with one attached hydrogen (secondary N) is 1. The number of rotatable bonds is 5. The van der Waals surface area contributed by atoms with Crippen LogP contribution in [0.5, 0.6) is 11.5 Å². The molecule has 3 nitrogen and oxygen atoms in total. The maximum absolute atomic E-state index is 13.9. The summed E-state index contributed by atoms with van der Waals surface area (Å²) >= 11 is 5.77. The highest BCUT2D eigenvalue weighted by molar-refractivity contribution is 6.30. The first-order valence-electron chi connectivity index (χ1n) is 6.78. The molecule has 1 N–H and O–H groups in total. The Kier molecular flexibility index (Phi) is 5.15. The summed E-state index contributed by atoms with van der Waals surface area (Å²) in [5, 5.41) is 3.34. The molecule has 0 bridgehead atoms. The highest BCUT2D eigenvalue weighted by Gasteiger charge is 2.12. The van der Waals surface area contributed by atoms with E-state index in [1.165, 1.54) is 6.07 Å². The predicted molar refractivity (Wildman–Crippen MR) is 82.4 cm³/mol. The van der Waals surface area contributed by atoms with Gasteiger partial charge in [0.05, 0.1) is 5.02 Å². The first kappa shape index (κ1) is 15.7. The van der Waals surface area contributed by atoms with Gasteiger partial charge in [0.25, 0.3) is 0 Å². The SMILES string of the molecule is Cc1cc(Oc2cccc(Cl)c2F)c(CNC(C)C)cn1. The van der Waals surface area contributed by atoms with Crippen LogP contribution in [0.2, 0.25) is 5.02 Å². The molecule has 1 aromatic heterocycles. The fourth-order valence-electron chi connectivity index (χ4n) is 1.79. The van der Waals surface area contributed by atoms with Crippen LogP contribution in [0.1, 0.15) is 25.1 Å². The van der Waals surface area contributed by atoms with E-state index >= 15 is 0 Å². The summed E-state index contributed by atoms with van der Waals surface area (Å²) in [5.74, 6) is 0.132. The third-order valence-corrected chi connectivity index (χ3v) is 3.21. The third-order valence-electron chi connectivity index (χ3n) is 2.92. The second kappa shape index (κ2) is 6.87. The molecule has 0 saturated carbocycles. The molecule has 0 unspecified atom stereocenters. The monoisotopic (exact) mass is 308 g/mol. The van der Waals surface area contributed by atoms with E-state index in [0.717, 1.165) is 11.3 Å². The van der Waals surface area contributed by atoms with Gasteiger partial charge in [-0.1, -0.05) is 31.5 Å². The Labute approximate surface area is 129 Å². The molecule has 1 aromatic carbocycles. The largest absolute Gasteiger partial charge is 0.454 e. The number of hydrogen-bond donors (Lipinski definition) is 1. The normalized spacial score (nSPS) is 11.0. The highest BCUT2D eigenvalue weighted by atomic mass is 35.5. The minimum absolute atomic E-state index is 0.0418. The van der Waals surface area contributed by atoms with Crippen molar-refractivity contribution >= 4 is 11.6 Å². The van der Waals surface area contributed by atoms with Gasteiger partial charge in [-0.05, 0) is 19.1 Å². The molecule has 0 aliphatic carbocycles. The zero-order valence-electron chi connectivity index (χ0n) is 12.3. The Bertz CT molecular complexity index is 632. The number of halogens is 2. The molecule has 2 aromatic rings. The standard InChI is InChI=1S/C16H18ClFN2O/c1-10(2)19-8-12-9-20-11(3)7-15(12)21-14-6-4-5-13(17)16(14)18/h4-7,9-10,19H,8H2,1-3H3. The van der Waals surface area contributed by atoms with E-state index < -0.39 is 5.82 Å². The minimum Gasteiger partial charge on any atom is -0.454 e. The summed E-state index contributed by atoms with van der Waals surface area (Å²) in [6.45, 7) is 6.57. The van der Waals surface area contributed by atoms with Crippen molar-refractivity contribution in [3.8, 4) is 11.5 Å². The summed E-state index contributed by atoms with van der Waals surface area (Å²) in [4.78, 5) is 4.26. The van der Waals surface area contributed by atoms with Crippen molar-refractivity contribution in [3.05, 3.63) is 52.6 Å². The molecule has 21 heavy (non-hydrogen) atoms. The number of aromatic nitrogens is 1. The van der Waals surface area contributed by atoms with Crippen LogP contribution in [0.15, 0.2) is 30.5 Å². The lowest BCUT2D eigenvalue weighted by molar-refractivity contribution is 0.433. The Morgan fingerprint density at radius 1 is 1.33 bits per heavy atom. The van der Waals surface area contributed by atoms with Gasteiger partial charge in [-0.2, -0.15) is 0 Å². The number of benzene rings is 1. The number of ether oxygens (including phenoxy) is 1. The smallest absolute Gasteiger partial charge is 0.184 e. The molecular formula is C16H18ClFN2O. The fourth-order valence-corrected chi connectivity index (χ4v) is 1.95. The average molecular weight is 309 g/mol. The Hall–Kier alpha value is -1.65. The predicted octanol–water partition coefficient (Wildman–Crippen LogP) is 4.47. The van der Waals surface area contributed by atoms with Gasteiger partial charge < -0.3 is 10.1 Å². The third kappa shape index (κ3) is 4.16. The van der Waals surface area contributed by atoms with Gasteiger partial charge in [0.2, 0.25) is 0 Å². The Balaban J connectivity index is 2.29.